The fourth-order valence-corrected chi connectivity index (χ4v) is 1.83. The second-order valence-electron chi connectivity index (χ2n) is 5.47. The van der Waals surface area contributed by atoms with Crippen molar-refractivity contribution >= 4 is 17.4 Å². The van der Waals surface area contributed by atoms with Gasteiger partial charge in [-0.25, -0.2) is 0 Å². The highest BCUT2D eigenvalue weighted by atomic mass is 16.5. The van der Waals surface area contributed by atoms with E-state index in [1.54, 1.807) is 12.1 Å². The molecule has 0 aromatic carbocycles. The Morgan fingerprint density at radius 2 is 2.05 bits per heavy atom. The van der Waals surface area contributed by atoms with Gasteiger partial charge in [0, 0.05) is 12.6 Å². The number of rotatable bonds is 7. The van der Waals surface area contributed by atoms with E-state index in [0.29, 0.717) is 23.9 Å². The van der Waals surface area contributed by atoms with Crippen LogP contribution < -0.4 is 20.7 Å². The van der Waals surface area contributed by atoms with Gasteiger partial charge in [-0.05, 0) is 46.8 Å². The monoisotopic (exact) mass is 294 g/mol. The summed E-state index contributed by atoms with van der Waals surface area (Å²) in [6.45, 7) is 10.6. The molecule has 0 bridgehead atoms. The summed E-state index contributed by atoms with van der Waals surface area (Å²) in [7, 11) is 0. The standard InChI is InChI=1S/C15H26N4O2/c1-6-19(9-14(20)17-10(2)3)13-8-7-12(16)15(18-13)21-11(4)5/h7-8,10-11H,6,9,16H2,1-5H3,(H,17,20). The van der Waals surface area contributed by atoms with Gasteiger partial charge in [0.05, 0.1) is 18.3 Å². The molecule has 1 heterocycles. The van der Waals surface area contributed by atoms with Gasteiger partial charge >= 0.3 is 0 Å². The van der Waals surface area contributed by atoms with E-state index in [9.17, 15) is 4.79 Å². The van der Waals surface area contributed by atoms with Crippen LogP contribution in [0.25, 0.3) is 0 Å². The van der Waals surface area contributed by atoms with Crippen LogP contribution in [-0.2, 0) is 4.79 Å². The van der Waals surface area contributed by atoms with Gasteiger partial charge in [0.15, 0.2) is 0 Å². The summed E-state index contributed by atoms with van der Waals surface area (Å²) in [6, 6.07) is 3.67. The van der Waals surface area contributed by atoms with Gasteiger partial charge in [-0.2, -0.15) is 4.98 Å². The summed E-state index contributed by atoms with van der Waals surface area (Å²) in [4.78, 5) is 18.2. The number of carbonyl (C=O) groups is 1. The molecule has 0 fully saturated rings. The summed E-state index contributed by atoms with van der Waals surface area (Å²) in [5.41, 5.74) is 6.36. The topological polar surface area (TPSA) is 80.5 Å². The Balaban J connectivity index is 2.87. The molecule has 0 atom stereocenters. The second kappa shape index (κ2) is 7.71. The summed E-state index contributed by atoms with van der Waals surface area (Å²) >= 11 is 0. The number of amides is 1. The third-order valence-electron chi connectivity index (χ3n) is 2.71. The quantitative estimate of drug-likeness (QED) is 0.801. The molecular formula is C15H26N4O2. The lowest BCUT2D eigenvalue weighted by Crippen LogP contribution is -2.40. The molecule has 118 valence electrons. The number of hydrogen-bond donors (Lipinski definition) is 2. The molecule has 0 unspecified atom stereocenters. The Kier molecular flexibility index (Phi) is 6.27. The van der Waals surface area contributed by atoms with Crippen molar-refractivity contribution < 1.29 is 9.53 Å². The van der Waals surface area contributed by atoms with E-state index in [-0.39, 0.29) is 24.6 Å². The highest BCUT2D eigenvalue weighted by Gasteiger charge is 2.14. The molecule has 1 aromatic heterocycles. The van der Waals surface area contributed by atoms with Crippen LogP contribution in [0.15, 0.2) is 12.1 Å². The van der Waals surface area contributed by atoms with Crippen LogP contribution in [0.5, 0.6) is 5.88 Å². The van der Waals surface area contributed by atoms with Crippen molar-refractivity contribution in [1.29, 1.82) is 0 Å². The normalized spacial score (nSPS) is 10.8. The number of nitrogens with one attached hydrogen (secondary N) is 1. The van der Waals surface area contributed by atoms with Gasteiger partial charge < -0.3 is 20.7 Å². The first-order chi connectivity index (χ1) is 9.83. The molecule has 0 aliphatic heterocycles. The predicted octanol–water partition coefficient (Wildman–Crippen LogP) is 1.80. The molecule has 3 N–H and O–H groups in total. The lowest BCUT2D eigenvalue weighted by Gasteiger charge is -2.23. The molecule has 0 spiro atoms. The molecule has 6 heteroatoms. The lowest BCUT2D eigenvalue weighted by molar-refractivity contribution is -0.120. The number of pyridine rings is 1. The average molecular weight is 294 g/mol. The fourth-order valence-electron chi connectivity index (χ4n) is 1.83. The maximum Gasteiger partial charge on any atom is 0.239 e. The zero-order valence-electron chi connectivity index (χ0n) is 13.5. The van der Waals surface area contributed by atoms with Crippen LogP contribution in [0.3, 0.4) is 0 Å². The van der Waals surface area contributed by atoms with Gasteiger partial charge in [0.1, 0.15) is 5.82 Å². The van der Waals surface area contributed by atoms with E-state index >= 15 is 0 Å². The third-order valence-corrected chi connectivity index (χ3v) is 2.71. The molecule has 0 saturated carbocycles. The summed E-state index contributed by atoms with van der Waals surface area (Å²) in [5.74, 6) is 1.06. The Morgan fingerprint density at radius 1 is 1.38 bits per heavy atom. The van der Waals surface area contributed by atoms with Crippen molar-refractivity contribution in [2.45, 2.75) is 46.8 Å². The van der Waals surface area contributed by atoms with Crippen molar-refractivity contribution in [1.82, 2.24) is 10.3 Å². The first-order valence-corrected chi connectivity index (χ1v) is 7.31. The third kappa shape index (κ3) is 5.49. The van der Waals surface area contributed by atoms with Crippen LogP contribution in [0.4, 0.5) is 11.5 Å². The summed E-state index contributed by atoms with van der Waals surface area (Å²) < 4.78 is 5.59. The van der Waals surface area contributed by atoms with Crippen LogP contribution in [-0.4, -0.2) is 36.1 Å². The van der Waals surface area contributed by atoms with E-state index in [0.717, 1.165) is 0 Å². The zero-order valence-corrected chi connectivity index (χ0v) is 13.5. The van der Waals surface area contributed by atoms with E-state index in [1.807, 2.05) is 39.5 Å². The number of aromatic nitrogens is 1. The number of likely N-dealkylation sites (N-methyl/N-ethyl adjacent to an activating group) is 1. The minimum absolute atomic E-state index is 0.00522. The number of nitrogens with zero attached hydrogens (tertiary/aromatic N) is 2. The molecule has 1 amide bonds. The van der Waals surface area contributed by atoms with E-state index in [1.165, 1.54) is 0 Å². The predicted molar refractivity (Wildman–Crippen MR) is 85.6 cm³/mol. The SMILES string of the molecule is CCN(CC(=O)NC(C)C)c1ccc(N)c(OC(C)C)n1. The molecule has 0 radical (unpaired) electrons. The molecule has 0 aliphatic rings. The minimum Gasteiger partial charge on any atom is -0.473 e. The minimum atomic E-state index is -0.0307. The van der Waals surface area contributed by atoms with Gasteiger partial charge in [0.2, 0.25) is 11.8 Å². The summed E-state index contributed by atoms with van der Waals surface area (Å²) in [5, 5.41) is 2.87. The largest absolute Gasteiger partial charge is 0.473 e. The lowest BCUT2D eigenvalue weighted by atomic mass is 10.3. The van der Waals surface area contributed by atoms with Crippen LogP contribution in [0.2, 0.25) is 0 Å². The number of nitrogens with two attached hydrogens (primary N) is 1. The zero-order chi connectivity index (χ0) is 16.0. The molecule has 1 aromatic rings. The second-order valence-corrected chi connectivity index (χ2v) is 5.47. The van der Waals surface area contributed by atoms with Gasteiger partial charge in [-0.3, -0.25) is 4.79 Å². The van der Waals surface area contributed by atoms with Crippen molar-refractivity contribution in [3.05, 3.63) is 12.1 Å². The number of anilines is 2. The maximum atomic E-state index is 11.9. The van der Waals surface area contributed by atoms with Crippen molar-refractivity contribution in [3.63, 3.8) is 0 Å². The molecule has 0 aliphatic carbocycles. The fraction of sp³-hybridized carbons (Fsp3) is 0.600. The van der Waals surface area contributed by atoms with Crippen molar-refractivity contribution in [3.8, 4) is 5.88 Å². The Morgan fingerprint density at radius 3 is 2.57 bits per heavy atom. The van der Waals surface area contributed by atoms with Crippen LogP contribution in [0, 0.1) is 0 Å². The van der Waals surface area contributed by atoms with E-state index in [2.05, 4.69) is 10.3 Å². The molecule has 6 nitrogen and oxygen atoms in total. The molecule has 21 heavy (non-hydrogen) atoms. The highest BCUT2D eigenvalue weighted by molar-refractivity contribution is 5.81. The summed E-state index contributed by atoms with van der Waals surface area (Å²) in [6.07, 6.45) is -0.00522. The molecular weight excluding hydrogens is 268 g/mol. The van der Waals surface area contributed by atoms with Crippen LogP contribution >= 0.6 is 0 Å². The van der Waals surface area contributed by atoms with Gasteiger partial charge in [-0.15, -0.1) is 0 Å². The Labute approximate surface area is 126 Å². The molecule has 0 saturated heterocycles. The number of hydrogen-bond acceptors (Lipinski definition) is 5. The maximum absolute atomic E-state index is 11.9. The number of ether oxygens (including phenoxy) is 1. The van der Waals surface area contributed by atoms with Crippen molar-refractivity contribution in [2.24, 2.45) is 0 Å². The Hall–Kier alpha value is -1.98. The van der Waals surface area contributed by atoms with Crippen LogP contribution in [0.1, 0.15) is 34.6 Å². The van der Waals surface area contributed by atoms with E-state index in [4.69, 9.17) is 10.5 Å². The smallest absolute Gasteiger partial charge is 0.239 e. The Bertz CT molecular complexity index is 475. The van der Waals surface area contributed by atoms with Gasteiger partial charge in [-0.1, -0.05) is 0 Å². The number of nitrogen functional groups attached to an aromatic ring is 1. The van der Waals surface area contributed by atoms with E-state index < -0.39 is 0 Å². The number of carbonyl (C=O) groups excluding carboxylic acids is 1. The first-order valence-electron chi connectivity index (χ1n) is 7.31. The average Bonchev–Trinajstić information content (AvgIpc) is 2.37. The van der Waals surface area contributed by atoms with Gasteiger partial charge in [0.25, 0.3) is 0 Å². The molecule has 1 rings (SSSR count). The highest BCUT2D eigenvalue weighted by Crippen LogP contribution is 2.23. The first kappa shape index (κ1) is 17.1. The van der Waals surface area contributed by atoms with Crippen molar-refractivity contribution in [2.75, 3.05) is 23.7 Å².